The largest absolute Gasteiger partial charge is 0.496 e. The Morgan fingerprint density at radius 2 is 1.74 bits per heavy atom. The van der Waals surface area contributed by atoms with Gasteiger partial charge in [0.1, 0.15) is 17.3 Å². The molecule has 3 aromatic rings. The van der Waals surface area contributed by atoms with Gasteiger partial charge in [0.25, 0.3) is 0 Å². The Labute approximate surface area is 161 Å². The van der Waals surface area contributed by atoms with Crippen LogP contribution in [0.15, 0.2) is 66.9 Å². The number of unbranched alkanes of at least 4 members (excludes halogenated alkanes) is 2. The molecule has 0 atom stereocenters. The van der Waals surface area contributed by atoms with Crippen LogP contribution in [0.4, 0.5) is 11.5 Å². The number of rotatable bonds is 9. The zero-order valence-electron chi connectivity index (χ0n) is 15.9. The van der Waals surface area contributed by atoms with E-state index in [1.165, 1.54) is 12.8 Å². The average Bonchev–Trinajstić information content (AvgIpc) is 2.73. The van der Waals surface area contributed by atoms with Crippen LogP contribution in [0.3, 0.4) is 0 Å². The molecule has 4 nitrogen and oxygen atoms in total. The maximum atomic E-state index is 5.74. The monoisotopic (exact) mass is 362 g/mol. The average molecular weight is 362 g/mol. The summed E-state index contributed by atoms with van der Waals surface area (Å²) in [6, 6.07) is 19.9. The van der Waals surface area contributed by atoms with Gasteiger partial charge in [0, 0.05) is 23.0 Å². The van der Waals surface area contributed by atoms with E-state index in [0.29, 0.717) is 0 Å². The summed E-state index contributed by atoms with van der Waals surface area (Å²) in [6.07, 6.45) is 5.36. The maximum absolute atomic E-state index is 5.74. The SMILES string of the molecule is CCCCCOc1ccc(Nc2ccc(-c3ccccc3OC)cn2)cc1. The van der Waals surface area contributed by atoms with Crippen LogP contribution < -0.4 is 14.8 Å². The smallest absolute Gasteiger partial charge is 0.130 e. The van der Waals surface area contributed by atoms with Gasteiger partial charge in [-0.2, -0.15) is 0 Å². The van der Waals surface area contributed by atoms with Crippen LogP contribution in [0.25, 0.3) is 11.1 Å². The third-order valence-corrected chi connectivity index (χ3v) is 4.32. The Morgan fingerprint density at radius 3 is 2.44 bits per heavy atom. The first-order valence-electron chi connectivity index (χ1n) is 9.39. The van der Waals surface area contributed by atoms with Gasteiger partial charge in [0.15, 0.2) is 0 Å². The van der Waals surface area contributed by atoms with Gasteiger partial charge >= 0.3 is 0 Å². The van der Waals surface area contributed by atoms with Gasteiger partial charge in [-0.15, -0.1) is 0 Å². The second-order valence-corrected chi connectivity index (χ2v) is 6.34. The molecule has 2 aromatic carbocycles. The van der Waals surface area contributed by atoms with E-state index in [1.807, 2.05) is 66.9 Å². The van der Waals surface area contributed by atoms with Gasteiger partial charge in [0.05, 0.1) is 13.7 Å². The highest BCUT2D eigenvalue weighted by molar-refractivity contribution is 5.71. The summed E-state index contributed by atoms with van der Waals surface area (Å²) in [5.41, 5.74) is 3.03. The van der Waals surface area contributed by atoms with Crippen LogP contribution in [0.2, 0.25) is 0 Å². The van der Waals surface area contributed by atoms with E-state index in [2.05, 4.69) is 17.2 Å². The number of para-hydroxylation sites is 1. The van der Waals surface area contributed by atoms with E-state index in [9.17, 15) is 0 Å². The van der Waals surface area contributed by atoms with Gasteiger partial charge in [-0.1, -0.05) is 38.0 Å². The summed E-state index contributed by atoms with van der Waals surface area (Å²) in [5.74, 6) is 2.54. The molecule has 1 N–H and O–H groups in total. The van der Waals surface area contributed by atoms with Crippen LogP contribution in [0.1, 0.15) is 26.2 Å². The summed E-state index contributed by atoms with van der Waals surface area (Å²) in [5, 5.41) is 3.32. The third kappa shape index (κ3) is 5.23. The molecule has 0 unspecified atom stereocenters. The molecule has 0 fully saturated rings. The van der Waals surface area contributed by atoms with Crippen LogP contribution in [-0.2, 0) is 0 Å². The van der Waals surface area contributed by atoms with Gasteiger partial charge in [-0.05, 0) is 48.9 Å². The number of benzene rings is 2. The van der Waals surface area contributed by atoms with Crippen LogP contribution in [0, 0.1) is 0 Å². The van der Waals surface area contributed by atoms with Crippen molar-refractivity contribution >= 4 is 11.5 Å². The summed E-state index contributed by atoms with van der Waals surface area (Å²) >= 11 is 0. The minimum absolute atomic E-state index is 0.770. The fourth-order valence-electron chi connectivity index (χ4n) is 2.83. The van der Waals surface area contributed by atoms with Crippen LogP contribution >= 0.6 is 0 Å². The normalized spacial score (nSPS) is 10.4. The first-order valence-corrected chi connectivity index (χ1v) is 9.39. The number of nitrogens with one attached hydrogen (secondary N) is 1. The molecule has 0 saturated heterocycles. The minimum Gasteiger partial charge on any atom is -0.496 e. The number of methoxy groups -OCH3 is 1. The molecule has 27 heavy (non-hydrogen) atoms. The first kappa shape index (κ1) is 18.8. The molecular formula is C23H26N2O2. The fraction of sp³-hybridized carbons (Fsp3) is 0.261. The molecule has 4 heteroatoms. The molecule has 140 valence electrons. The van der Waals surface area contributed by atoms with Crippen molar-refractivity contribution in [1.29, 1.82) is 0 Å². The Morgan fingerprint density at radius 1 is 0.926 bits per heavy atom. The van der Waals surface area contributed by atoms with E-state index in [0.717, 1.165) is 47.2 Å². The summed E-state index contributed by atoms with van der Waals surface area (Å²) < 4.78 is 11.2. The lowest BCUT2D eigenvalue weighted by atomic mass is 10.1. The van der Waals surface area contributed by atoms with Crippen molar-refractivity contribution in [3.8, 4) is 22.6 Å². The molecule has 0 bridgehead atoms. The molecule has 0 aliphatic carbocycles. The first-order chi connectivity index (χ1) is 13.3. The molecule has 1 heterocycles. The van der Waals surface area contributed by atoms with Crippen molar-refractivity contribution in [2.75, 3.05) is 19.0 Å². The second-order valence-electron chi connectivity index (χ2n) is 6.34. The number of aromatic nitrogens is 1. The van der Waals surface area contributed by atoms with E-state index in [4.69, 9.17) is 9.47 Å². The molecule has 0 amide bonds. The van der Waals surface area contributed by atoms with E-state index >= 15 is 0 Å². The molecule has 0 aliphatic rings. The molecule has 0 spiro atoms. The van der Waals surface area contributed by atoms with Crippen molar-refractivity contribution < 1.29 is 9.47 Å². The Kier molecular flexibility index (Phi) is 6.69. The van der Waals surface area contributed by atoms with E-state index in [1.54, 1.807) is 7.11 Å². The number of hydrogen-bond donors (Lipinski definition) is 1. The lowest BCUT2D eigenvalue weighted by molar-refractivity contribution is 0.306. The quantitative estimate of drug-likeness (QED) is 0.469. The fourth-order valence-corrected chi connectivity index (χ4v) is 2.83. The minimum atomic E-state index is 0.770. The van der Waals surface area contributed by atoms with E-state index < -0.39 is 0 Å². The lowest BCUT2D eigenvalue weighted by Gasteiger charge is -2.10. The molecule has 3 rings (SSSR count). The second kappa shape index (κ2) is 9.62. The zero-order chi connectivity index (χ0) is 18.9. The number of hydrogen-bond acceptors (Lipinski definition) is 4. The van der Waals surface area contributed by atoms with Crippen molar-refractivity contribution in [3.63, 3.8) is 0 Å². The van der Waals surface area contributed by atoms with Crippen molar-refractivity contribution in [2.45, 2.75) is 26.2 Å². The molecule has 0 aliphatic heterocycles. The van der Waals surface area contributed by atoms with Gasteiger partial charge in [0.2, 0.25) is 0 Å². The number of pyridine rings is 1. The number of nitrogens with zero attached hydrogens (tertiary/aromatic N) is 1. The molecule has 0 radical (unpaired) electrons. The molecular weight excluding hydrogens is 336 g/mol. The maximum Gasteiger partial charge on any atom is 0.130 e. The van der Waals surface area contributed by atoms with Gasteiger partial charge < -0.3 is 14.8 Å². The molecule has 1 aromatic heterocycles. The summed E-state index contributed by atoms with van der Waals surface area (Å²) in [4.78, 5) is 4.52. The van der Waals surface area contributed by atoms with E-state index in [-0.39, 0.29) is 0 Å². The highest BCUT2D eigenvalue weighted by Gasteiger charge is 2.05. The number of ether oxygens (including phenoxy) is 2. The van der Waals surface area contributed by atoms with Crippen molar-refractivity contribution in [2.24, 2.45) is 0 Å². The van der Waals surface area contributed by atoms with Crippen LogP contribution in [0.5, 0.6) is 11.5 Å². The predicted molar refractivity (Wildman–Crippen MR) is 111 cm³/mol. The van der Waals surface area contributed by atoms with Gasteiger partial charge in [-0.3, -0.25) is 0 Å². The number of anilines is 2. The highest BCUT2D eigenvalue weighted by Crippen LogP contribution is 2.29. The van der Waals surface area contributed by atoms with Crippen LogP contribution in [-0.4, -0.2) is 18.7 Å². The van der Waals surface area contributed by atoms with Crippen molar-refractivity contribution in [1.82, 2.24) is 4.98 Å². The Bertz CT molecular complexity index is 830. The Hall–Kier alpha value is -3.01. The van der Waals surface area contributed by atoms with Gasteiger partial charge in [-0.25, -0.2) is 4.98 Å². The molecule has 0 saturated carbocycles. The highest BCUT2D eigenvalue weighted by atomic mass is 16.5. The topological polar surface area (TPSA) is 43.4 Å². The predicted octanol–water partition coefficient (Wildman–Crippen LogP) is 6.07. The summed E-state index contributed by atoms with van der Waals surface area (Å²) in [6.45, 7) is 2.96. The Balaban J connectivity index is 1.61. The summed E-state index contributed by atoms with van der Waals surface area (Å²) in [7, 11) is 1.68. The lowest BCUT2D eigenvalue weighted by Crippen LogP contribution is -1.97. The third-order valence-electron chi connectivity index (χ3n) is 4.32. The standard InChI is InChI=1S/C23H26N2O2/c1-3-4-7-16-27-20-13-11-19(12-14-20)25-23-15-10-18(17-24-23)21-8-5-6-9-22(21)26-2/h5-6,8-15,17H,3-4,7,16H2,1-2H3,(H,24,25). The zero-order valence-corrected chi connectivity index (χ0v) is 15.9. The van der Waals surface area contributed by atoms with Crippen molar-refractivity contribution in [3.05, 3.63) is 66.9 Å².